The zero-order valence-corrected chi connectivity index (χ0v) is 10.8. The van der Waals surface area contributed by atoms with Crippen LogP contribution in [0, 0.1) is 0 Å². The van der Waals surface area contributed by atoms with Gasteiger partial charge in [-0.25, -0.2) is 0 Å². The van der Waals surface area contributed by atoms with E-state index in [9.17, 15) is 5.11 Å². The van der Waals surface area contributed by atoms with Crippen LogP contribution in [0.25, 0.3) is 0 Å². The van der Waals surface area contributed by atoms with Crippen LogP contribution in [0.3, 0.4) is 0 Å². The number of rotatable bonds is 3. The van der Waals surface area contributed by atoms with Crippen molar-refractivity contribution in [1.82, 2.24) is 0 Å². The molecule has 14 heavy (non-hydrogen) atoms. The third-order valence-corrected chi connectivity index (χ3v) is 3.96. The Morgan fingerprint density at radius 2 is 2.00 bits per heavy atom. The number of halogens is 1. The normalized spacial score (nSPS) is 9.93. The van der Waals surface area contributed by atoms with Crippen molar-refractivity contribution in [3.05, 3.63) is 23.8 Å². The SMILES string of the molecule is C[Se+](C)CCc1ccc([O-])c(O)c1.Cl. The van der Waals surface area contributed by atoms with Crippen molar-refractivity contribution in [3.8, 4) is 11.5 Å². The van der Waals surface area contributed by atoms with Crippen molar-refractivity contribution in [2.24, 2.45) is 0 Å². The second kappa shape index (κ2) is 6.18. The van der Waals surface area contributed by atoms with Crippen molar-refractivity contribution in [1.29, 1.82) is 0 Å². The molecule has 4 heteroatoms. The molecule has 80 valence electrons. The van der Waals surface area contributed by atoms with Crippen LogP contribution in [0.1, 0.15) is 5.56 Å². The van der Waals surface area contributed by atoms with E-state index < -0.39 is 13.9 Å². The van der Waals surface area contributed by atoms with Crippen LogP contribution < -0.4 is 5.11 Å². The summed E-state index contributed by atoms with van der Waals surface area (Å²) in [6, 6.07) is 4.82. The van der Waals surface area contributed by atoms with Crippen molar-refractivity contribution in [3.63, 3.8) is 0 Å². The molecule has 0 aliphatic carbocycles. The van der Waals surface area contributed by atoms with Crippen LogP contribution in [0.15, 0.2) is 18.2 Å². The molecule has 0 spiro atoms. The fraction of sp³-hybridized carbons (Fsp3) is 0.400. The zero-order chi connectivity index (χ0) is 9.84. The summed E-state index contributed by atoms with van der Waals surface area (Å²) in [6.45, 7) is 0. The van der Waals surface area contributed by atoms with Gasteiger partial charge in [0, 0.05) is 0 Å². The van der Waals surface area contributed by atoms with Crippen LogP contribution in [0.5, 0.6) is 11.5 Å². The topological polar surface area (TPSA) is 43.3 Å². The molecule has 2 nitrogen and oxygen atoms in total. The van der Waals surface area contributed by atoms with E-state index in [-0.39, 0.29) is 23.9 Å². The molecular weight excluding hydrogens is 267 g/mol. The van der Waals surface area contributed by atoms with E-state index >= 15 is 0 Å². The van der Waals surface area contributed by atoms with Crippen LogP contribution >= 0.6 is 12.4 Å². The Morgan fingerprint density at radius 1 is 1.36 bits per heavy atom. The van der Waals surface area contributed by atoms with E-state index in [2.05, 4.69) is 11.6 Å². The third-order valence-electron chi connectivity index (χ3n) is 1.82. The maximum atomic E-state index is 10.9. The van der Waals surface area contributed by atoms with Gasteiger partial charge in [0.15, 0.2) is 0 Å². The molecule has 0 amide bonds. The molecule has 0 aliphatic rings. The average Bonchev–Trinajstić information content (AvgIpc) is 2.07. The van der Waals surface area contributed by atoms with Crippen molar-refractivity contribution in [2.45, 2.75) is 23.4 Å². The van der Waals surface area contributed by atoms with Crippen LogP contribution in [0.2, 0.25) is 17.0 Å². The van der Waals surface area contributed by atoms with E-state index in [0.29, 0.717) is 0 Å². The molecule has 1 aromatic carbocycles. The van der Waals surface area contributed by atoms with Crippen molar-refractivity contribution >= 4 is 26.3 Å². The van der Waals surface area contributed by atoms with Crippen LogP contribution in [0.4, 0.5) is 0 Å². The Morgan fingerprint density at radius 3 is 2.50 bits per heavy atom. The smallest absolute Gasteiger partial charge is 0.147 e. The molecule has 0 saturated carbocycles. The number of aromatic hydroxyl groups is 1. The third kappa shape index (κ3) is 4.23. The molecule has 0 unspecified atom stereocenters. The number of phenolic OH excluding ortho intramolecular Hbond substituents is 1. The molecule has 1 aromatic rings. The molecule has 1 N–H and O–H groups in total. The minimum Gasteiger partial charge on any atom is -0.147 e. The molecule has 0 aliphatic heterocycles. The Kier molecular flexibility index (Phi) is 6.01. The first-order chi connectivity index (χ1) is 6.09. The number of hydrogen-bond donors (Lipinski definition) is 1. The van der Waals surface area contributed by atoms with Gasteiger partial charge in [-0.1, -0.05) is 0 Å². The Labute approximate surface area is 95.3 Å². The van der Waals surface area contributed by atoms with Gasteiger partial charge in [-0.3, -0.25) is 0 Å². The second-order valence-electron chi connectivity index (χ2n) is 3.24. The first kappa shape index (κ1) is 13.6. The molecule has 0 radical (unpaired) electrons. The molecule has 0 atom stereocenters. The summed E-state index contributed by atoms with van der Waals surface area (Å²) in [6.07, 6.45) is 0.978. The first-order valence-electron chi connectivity index (χ1n) is 4.12. The molecule has 0 fully saturated rings. The van der Waals surface area contributed by atoms with Gasteiger partial charge in [0.05, 0.1) is 0 Å². The van der Waals surface area contributed by atoms with Gasteiger partial charge in [-0.2, -0.15) is 0 Å². The van der Waals surface area contributed by atoms with Crippen LogP contribution in [-0.2, 0) is 6.42 Å². The Balaban J connectivity index is 0.00000169. The van der Waals surface area contributed by atoms with Gasteiger partial charge in [0.25, 0.3) is 0 Å². The van der Waals surface area contributed by atoms with Gasteiger partial charge in [-0.05, 0) is 0 Å². The monoisotopic (exact) mass is 282 g/mol. The van der Waals surface area contributed by atoms with Gasteiger partial charge in [0.2, 0.25) is 0 Å². The molecule has 0 saturated heterocycles. The molecule has 0 aromatic heterocycles. The van der Waals surface area contributed by atoms with E-state index in [4.69, 9.17) is 5.11 Å². The van der Waals surface area contributed by atoms with Gasteiger partial charge < -0.3 is 0 Å². The summed E-state index contributed by atoms with van der Waals surface area (Å²) in [5.41, 5.74) is 1.06. The minimum atomic E-state index is -0.411. The largest absolute Gasteiger partial charge is 0.147 e. The quantitative estimate of drug-likeness (QED) is 0.863. The van der Waals surface area contributed by atoms with E-state index in [1.54, 1.807) is 12.1 Å². The van der Waals surface area contributed by atoms with E-state index in [0.717, 1.165) is 12.0 Å². The van der Waals surface area contributed by atoms with Crippen molar-refractivity contribution < 1.29 is 10.2 Å². The van der Waals surface area contributed by atoms with E-state index in [1.807, 2.05) is 0 Å². The number of benzene rings is 1. The number of phenols is 1. The molecule has 1 rings (SSSR count). The summed E-state index contributed by atoms with van der Waals surface area (Å²) >= 11 is -0.411. The fourth-order valence-electron chi connectivity index (χ4n) is 1.04. The molecular formula is C10H15ClO2Se. The second-order valence-corrected chi connectivity index (χ2v) is 8.23. The first-order valence-corrected chi connectivity index (χ1v) is 8.76. The molecule has 0 heterocycles. The summed E-state index contributed by atoms with van der Waals surface area (Å²) in [5.74, 6) is 4.15. The maximum absolute atomic E-state index is 10.9. The van der Waals surface area contributed by atoms with Crippen LogP contribution in [-0.4, -0.2) is 19.0 Å². The Bertz CT molecular complexity index is 289. The number of aryl methyl sites for hydroxylation is 1. The van der Waals surface area contributed by atoms with Gasteiger partial charge in [-0.15, -0.1) is 12.4 Å². The Hall–Kier alpha value is -0.371. The zero-order valence-electron chi connectivity index (χ0n) is 8.32. The minimum absolute atomic E-state index is 0. The average molecular weight is 282 g/mol. The standard InChI is InChI=1S/C10H14O2Se.ClH/c1-13(2)6-5-8-3-4-9(11)10(12)7-8;/h3-4,7H,5-6H2,1-2H3,(H-,11,12);1H. The van der Waals surface area contributed by atoms with Gasteiger partial charge in [0.1, 0.15) is 0 Å². The summed E-state index contributed by atoms with van der Waals surface area (Å²) in [4.78, 5) is 0. The fourth-order valence-corrected chi connectivity index (χ4v) is 2.39. The summed E-state index contributed by atoms with van der Waals surface area (Å²) < 4.78 is 0. The van der Waals surface area contributed by atoms with Crippen molar-refractivity contribution in [2.75, 3.05) is 0 Å². The van der Waals surface area contributed by atoms with E-state index in [1.165, 1.54) is 11.4 Å². The summed E-state index contributed by atoms with van der Waals surface area (Å²) in [5, 5.41) is 21.2. The molecule has 0 bridgehead atoms. The predicted molar refractivity (Wildman–Crippen MR) is 60.8 cm³/mol. The maximum Gasteiger partial charge on any atom is -0.147 e. The predicted octanol–water partition coefficient (Wildman–Crippen LogP) is 2.18. The summed E-state index contributed by atoms with van der Waals surface area (Å²) in [7, 11) is 0. The number of hydrogen-bond acceptors (Lipinski definition) is 2. The van der Waals surface area contributed by atoms with Gasteiger partial charge >= 0.3 is 82.8 Å².